The van der Waals surface area contributed by atoms with Crippen molar-refractivity contribution < 1.29 is 19.4 Å². The second-order valence-electron chi connectivity index (χ2n) is 8.17. The first-order chi connectivity index (χ1) is 14.4. The molecule has 1 atom stereocenters. The van der Waals surface area contributed by atoms with Crippen molar-refractivity contribution in [3.8, 4) is 5.88 Å². The lowest BCUT2D eigenvalue weighted by Crippen LogP contribution is -2.53. The van der Waals surface area contributed by atoms with Gasteiger partial charge in [0.15, 0.2) is 5.78 Å². The number of nitrogens with zero attached hydrogens (tertiary/aromatic N) is 3. The predicted molar refractivity (Wildman–Crippen MR) is 113 cm³/mol. The molecule has 0 bridgehead atoms. The molecule has 1 saturated carbocycles. The Morgan fingerprint density at radius 3 is 2.67 bits per heavy atom. The van der Waals surface area contributed by atoms with Crippen molar-refractivity contribution >= 4 is 17.7 Å². The summed E-state index contributed by atoms with van der Waals surface area (Å²) in [5, 5.41) is 9.24. The smallest absolute Gasteiger partial charge is 0.407 e. The highest BCUT2D eigenvalue weighted by Crippen LogP contribution is 2.33. The molecule has 30 heavy (non-hydrogen) atoms. The Labute approximate surface area is 176 Å². The molecular weight excluding hydrogens is 382 g/mol. The zero-order valence-electron chi connectivity index (χ0n) is 17.4. The van der Waals surface area contributed by atoms with E-state index in [0.717, 1.165) is 35.3 Å². The number of amides is 1. The van der Waals surface area contributed by atoms with E-state index < -0.39 is 6.09 Å². The molecule has 1 aliphatic heterocycles. The quantitative estimate of drug-likeness (QED) is 0.732. The van der Waals surface area contributed by atoms with E-state index in [1.54, 1.807) is 0 Å². The minimum Gasteiger partial charge on any atom is -0.473 e. The topological polar surface area (TPSA) is 83.0 Å². The van der Waals surface area contributed by atoms with E-state index in [4.69, 9.17) is 4.74 Å². The summed E-state index contributed by atoms with van der Waals surface area (Å²) < 4.78 is 5.92. The zero-order chi connectivity index (χ0) is 21.3. The summed E-state index contributed by atoms with van der Waals surface area (Å²) in [6, 6.07) is 11.3. The third-order valence-corrected chi connectivity index (χ3v) is 5.86. The Morgan fingerprint density at radius 2 is 2.00 bits per heavy atom. The van der Waals surface area contributed by atoms with Crippen LogP contribution in [0, 0.1) is 12.8 Å². The summed E-state index contributed by atoms with van der Waals surface area (Å²) in [4.78, 5) is 31.6. The largest absolute Gasteiger partial charge is 0.473 e. The molecule has 1 N–H and O–H groups in total. The number of carboxylic acid groups (broad SMARTS) is 1. The number of ketones is 1. The van der Waals surface area contributed by atoms with Crippen LogP contribution in [0.2, 0.25) is 0 Å². The van der Waals surface area contributed by atoms with Crippen LogP contribution in [-0.2, 0) is 6.61 Å². The highest BCUT2D eigenvalue weighted by molar-refractivity contribution is 5.99. The van der Waals surface area contributed by atoms with Gasteiger partial charge in [0, 0.05) is 43.2 Å². The lowest BCUT2D eigenvalue weighted by Gasteiger charge is -2.38. The summed E-state index contributed by atoms with van der Waals surface area (Å²) in [5.74, 6) is 1.78. The molecule has 158 valence electrons. The number of carbonyl (C=O) groups is 2. The minimum absolute atomic E-state index is 0.0952. The molecule has 0 spiro atoms. The van der Waals surface area contributed by atoms with Crippen LogP contribution in [0.15, 0.2) is 36.4 Å². The van der Waals surface area contributed by atoms with Crippen LogP contribution < -0.4 is 9.64 Å². The molecule has 2 aromatic rings. The molecule has 2 fully saturated rings. The predicted octanol–water partition coefficient (Wildman–Crippen LogP) is 3.75. The molecule has 7 heteroatoms. The lowest BCUT2D eigenvalue weighted by molar-refractivity contribution is 0.0967. The zero-order valence-corrected chi connectivity index (χ0v) is 17.4. The fraction of sp³-hybridized carbons (Fsp3) is 0.435. The SMILES string of the molecule is Cc1cc(C(=O)C2CC2)ccc1COc1cccc(N2CCN(C(=O)O)[C@@H](C)C2)n1. The van der Waals surface area contributed by atoms with E-state index in [1.165, 1.54) is 4.90 Å². The number of pyridine rings is 1. The van der Waals surface area contributed by atoms with Crippen LogP contribution in [0.25, 0.3) is 0 Å². The molecular formula is C23H27N3O4. The van der Waals surface area contributed by atoms with Gasteiger partial charge < -0.3 is 19.6 Å². The van der Waals surface area contributed by atoms with Crippen LogP contribution in [0.1, 0.15) is 41.3 Å². The van der Waals surface area contributed by atoms with Crippen LogP contribution in [-0.4, -0.2) is 52.5 Å². The van der Waals surface area contributed by atoms with Crippen LogP contribution in [0.5, 0.6) is 5.88 Å². The second kappa shape index (κ2) is 8.34. The van der Waals surface area contributed by atoms with E-state index in [9.17, 15) is 14.7 Å². The van der Waals surface area contributed by atoms with Crippen LogP contribution >= 0.6 is 0 Å². The Bertz CT molecular complexity index is 957. The highest BCUT2D eigenvalue weighted by Gasteiger charge is 2.30. The van der Waals surface area contributed by atoms with Gasteiger partial charge in [-0.05, 0) is 49.9 Å². The first-order valence-corrected chi connectivity index (χ1v) is 10.4. The first kappa shape index (κ1) is 20.2. The van der Waals surface area contributed by atoms with Crippen molar-refractivity contribution in [1.29, 1.82) is 0 Å². The molecule has 0 radical (unpaired) electrons. The maximum atomic E-state index is 12.2. The number of benzene rings is 1. The number of Topliss-reactive ketones (excluding diaryl/α,β-unsaturated/α-hetero) is 1. The number of ether oxygens (including phenoxy) is 1. The van der Waals surface area contributed by atoms with E-state index >= 15 is 0 Å². The molecule has 1 aromatic carbocycles. The third-order valence-electron chi connectivity index (χ3n) is 5.86. The number of anilines is 1. The molecule has 7 nitrogen and oxygen atoms in total. The van der Waals surface area contributed by atoms with Gasteiger partial charge in [-0.1, -0.05) is 18.2 Å². The van der Waals surface area contributed by atoms with Crippen molar-refractivity contribution in [2.75, 3.05) is 24.5 Å². The summed E-state index contributed by atoms with van der Waals surface area (Å²) >= 11 is 0. The monoisotopic (exact) mass is 409 g/mol. The first-order valence-electron chi connectivity index (χ1n) is 10.4. The molecule has 1 aliphatic carbocycles. The molecule has 0 unspecified atom stereocenters. The molecule has 1 aromatic heterocycles. The molecule has 1 saturated heterocycles. The number of piperazine rings is 1. The van der Waals surface area contributed by atoms with Gasteiger partial charge in [-0.15, -0.1) is 0 Å². The van der Waals surface area contributed by atoms with Gasteiger partial charge in [0.05, 0.1) is 0 Å². The van der Waals surface area contributed by atoms with E-state index in [-0.39, 0.29) is 17.7 Å². The van der Waals surface area contributed by atoms with Crippen molar-refractivity contribution in [2.24, 2.45) is 5.92 Å². The van der Waals surface area contributed by atoms with Crippen molar-refractivity contribution in [3.63, 3.8) is 0 Å². The lowest BCUT2D eigenvalue weighted by atomic mass is 10.0. The average molecular weight is 409 g/mol. The number of aryl methyl sites for hydroxylation is 1. The molecule has 1 amide bonds. The van der Waals surface area contributed by atoms with Crippen LogP contribution in [0.4, 0.5) is 10.6 Å². The van der Waals surface area contributed by atoms with E-state index in [0.29, 0.717) is 32.1 Å². The fourth-order valence-electron chi connectivity index (χ4n) is 3.85. The Kier molecular flexibility index (Phi) is 5.61. The van der Waals surface area contributed by atoms with E-state index in [1.807, 2.05) is 50.2 Å². The van der Waals surface area contributed by atoms with Gasteiger partial charge in [-0.3, -0.25) is 4.79 Å². The summed E-state index contributed by atoms with van der Waals surface area (Å²) in [7, 11) is 0. The van der Waals surface area contributed by atoms with Gasteiger partial charge in [0.25, 0.3) is 0 Å². The number of carbonyl (C=O) groups excluding carboxylic acids is 1. The summed E-state index contributed by atoms with van der Waals surface area (Å²) in [6.07, 6.45) is 1.14. The maximum Gasteiger partial charge on any atom is 0.407 e. The number of rotatable bonds is 6. The standard InChI is InChI=1S/C23H27N3O4/c1-15-12-18(22(27)17-6-7-17)8-9-19(15)14-30-21-5-3-4-20(24-21)25-10-11-26(23(28)29)16(2)13-25/h3-5,8-9,12,16-17H,6-7,10-11,13-14H2,1-2H3,(H,28,29)/t16-/m0/s1. The third kappa shape index (κ3) is 4.40. The van der Waals surface area contributed by atoms with E-state index in [2.05, 4.69) is 9.88 Å². The second-order valence-corrected chi connectivity index (χ2v) is 8.17. The van der Waals surface area contributed by atoms with Gasteiger partial charge >= 0.3 is 6.09 Å². The number of hydrogen-bond acceptors (Lipinski definition) is 5. The molecule has 2 heterocycles. The molecule has 4 rings (SSSR count). The van der Waals surface area contributed by atoms with Gasteiger partial charge in [0.2, 0.25) is 5.88 Å². The summed E-state index contributed by atoms with van der Waals surface area (Å²) in [6.45, 7) is 5.93. The number of aromatic nitrogens is 1. The molecule has 2 aliphatic rings. The van der Waals surface area contributed by atoms with Crippen molar-refractivity contribution in [1.82, 2.24) is 9.88 Å². The normalized spacial score (nSPS) is 18.9. The Hall–Kier alpha value is -3.09. The number of hydrogen-bond donors (Lipinski definition) is 1. The minimum atomic E-state index is -0.882. The van der Waals surface area contributed by atoms with Gasteiger partial charge in [-0.25, -0.2) is 4.79 Å². The Balaban J connectivity index is 1.39. The van der Waals surface area contributed by atoms with Gasteiger partial charge in [0.1, 0.15) is 12.4 Å². The maximum absolute atomic E-state index is 12.2. The van der Waals surface area contributed by atoms with Crippen LogP contribution in [0.3, 0.4) is 0 Å². The van der Waals surface area contributed by atoms with Crippen molar-refractivity contribution in [2.45, 2.75) is 39.3 Å². The highest BCUT2D eigenvalue weighted by atomic mass is 16.5. The fourth-order valence-corrected chi connectivity index (χ4v) is 3.85. The Morgan fingerprint density at radius 1 is 1.20 bits per heavy atom. The van der Waals surface area contributed by atoms with Gasteiger partial charge in [-0.2, -0.15) is 4.98 Å². The average Bonchev–Trinajstić information content (AvgIpc) is 3.57. The van der Waals surface area contributed by atoms with Crippen molar-refractivity contribution in [3.05, 3.63) is 53.1 Å². The summed E-state index contributed by atoms with van der Waals surface area (Å²) in [5.41, 5.74) is 2.85.